The van der Waals surface area contributed by atoms with E-state index in [2.05, 4.69) is 33.8 Å². The number of benzene rings is 2. The highest BCUT2D eigenvalue weighted by Crippen LogP contribution is 2.23. The SMILES string of the molecule is CCNC(=NCCc1ccc(NC(C)=O)cc1)NC1CCN(c2cccc(Cl)c2)C1.I. The average Bonchev–Trinajstić information content (AvgIpc) is 3.18. The molecule has 2 aromatic rings. The number of carbonyl (C=O) groups is 1. The van der Waals surface area contributed by atoms with Crippen LogP contribution in [0.25, 0.3) is 0 Å². The fraction of sp³-hybridized carbons (Fsp3) is 0.391. The maximum absolute atomic E-state index is 11.1. The summed E-state index contributed by atoms with van der Waals surface area (Å²) in [4.78, 5) is 18.2. The Bertz CT molecular complexity index is 875. The number of nitrogens with zero attached hydrogens (tertiary/aromatic N) is 2. The van der Waals surface area contributed by atoms with Crippen molar-refractivity contribution >= 4 is 58.8 Å². The van der Waals surface area contributed by atoms with Crippen molar-refractivity contribution in [1.29, 1.82) is 0 Å². The van der Waals surface area contributed by atoms with E-state index in [0.717, 1.165) is 54.8 Å². The Balaban J connectivity index is 0.00000341. The summed E-state index contributed by atoms with van der Waals surface area (Å²) in [5, 5.41) is 10.5. The van der Waals surface area contributed by atoms with Crippen molar-refractivity contribution in [2.75, 3.05) is 36.4 Å². The first-order valence-electron chi connectivity index (χ1n) is 10.5. The Morgan fingerprint density at radius 1 is 1.23 bits per heavy atom. The van der Waals surface area contributed by atoms with E-state index in [1.165, 1.54) is 12.5 Å². The van der Waals surface area contributed by atoms with Crippen molar-refractivity contribution in [2.45, 2.75) is 32.7 Å². The Kier molecular flexibility index (Phi) is 10.4. The average molecular weight is 556 g/mol. The monoisotopic (exact) mass is 555 g/mol. The number of halogens is 2. The van der Waals surface area contributed by atoms with Crippen molar-refractivity contribution < 1.29 is 4.79 Å². The largest absolute Gasteiger partial charge is 0.369 e. The molecule has 168 valence electrons. The molecule has 8 heteroatoms. The molecular formula is C23H31ClIN5O. The highest BCUT2D eigenvalue weighted by atomic mass is 127. The molecule has 31 heavy (non-hydrogen) atoms. The summed E-state index contributed by atoms with van der Waals surface area (Å²) in [6.45, 7) is 7.02. The van der Waals surface area contributed by atoms with E-state index in [9.17, 15) is 4.79 Å². The number of guanidine groups is 1. The predicted octanol–water partition coefficient (Wildman–Crippen LogP) is 4.29. The van der Waals surface area contributed by atoms with Gasteiger partial charge < -0.3 is 20.9 Å². The van der Waals surface area contributed by atoms with Gasteiger partial charge in [0, 0.05) is 55.5 Å². The van der Waals surface area contributed by atoms with Gasteiger partial charge in [-0.1, -0.05) is 29.8 Å². The van der Waals surface area contributed by atoms with Crippen LogP contribution in [0.2, 0.25) is 5.02 Å². The minimum Gasteiger partial charge on any atom is -0.369 e. The Hall–Kier alpha value is -2.00. The summed E-state index contributed by atoms with van der Waals surface area (Å²) in [6, 6.07) is 16.3. The van der Waals surface area contributed by atoms with E-state index >= 15 is 0 Å². The molecule has 0 radical (unpaired) electrons. The molecule has 0 aromatic heterocycles. The molecule has 0 saturated carbocycles. The Morgan fingerprint density at radius 2 is 2.00 bits per heavy atom. The van der Waals surface area contributed by atoms with E-state index in [0.29, 0.717) is 12.6 Å². The molecule has 1 heterocycles. The predicted molar refractivity (Wildman–Crippen MR) is 141 cm³/mol. The topological polar surface area (TPSA) is 68.8 Å². The lowest BCUT2D eigenvalue weighted by Gasteiger charge is -2.20. The van der Waals surface area contributed by atoms with E-state index < -0.39 is 0 Å². The summed E-state index contributed by atoms with van der Waals surface area (Å²) in [5.74, 6) is 0.792. The zero-order valence-corrected chi connectivity index (χ0v) is 21.1. The van der Waals surface area contributed by atoms with Gasteiger partial charge in [0.2, 0.25) is 5.91 Å². The molecular weight excluding hydrogens is 525 g/mol. The van der Waals surface area contributed by atoms with Crippen molar-refractivity contribution in [3.63, 3.8) is 0 Å². The lowest BCUT2D eigenvalue weighted by Crippen LogP contribution is -2.44. The zero-order valence-electron chi connectivity index (χ0n) is 18.0. The number of amides is 1. The number of anilines is 2. The molecule has 6 nitrogen and oxygen atoms in total. The van der Waals surface area contributed by atoms with E-state index in [4.69, 9.17) is 16.6 Å². The molecule has 1 aliphatic rings. The molecule has 1 amide bonds. The van der Waals surface area contributed by atoms with Crippen LogP contribution in [0.1, 0.15) is 25.8 Å². The molecule has 1 aliphatic heterocycles. The molecule has 3 rings (SSSR count). The quantitative estimate of drug-likeness (QED) is 0.271. The zero-order chi connectivity index (χ0) is 21.3. The van der Waals surface area contributed by atoms with Gasteiger partial charge in [-0.3, -0.25) is 9.79 Å². The first-order valence-corrected chi connectivity index (χ1v) is 10.8. The third-order valence-electron chi connectivity index (χ3n) is 4.99. The Morgan fingerprint density at radius 3 is 2.68 bits per heavy atom. The highest BCUT2D eigenvalue weighted by molar-refractivity contribution is 14.0. The van der Waals surface area contributed by atoms with Crippen LogP contribution in [0.3, 0.4) is 0 Å². The summed E-state index contributed by atoms with van der Waals surface area (Å²) in [5.41, 5.74) is 3.17. The first-order chi connectivity index (χ1) is 14.5. The second-order valence-electron chi connectivity index (χ2n) is 7.44. The van der Waals surface area contributed by atoms with E-state index in [1.54, 1.807) is 0 Å². The van der Waals surface area contributed by atoms with Gasteiger partial charge in [-0.2, -0.15) is 0 Å². The molecule has 1 atom stereocenters. The van der Waals surface area contributed by atoms with Crippen molar-refractivity contribution in [3.05, 3.63) is 59.1 Å². The van der Waals surface area contributed by atoms with E-state index in [-0.39, 0.29) is 29.9 Å². The molecule has 2 aromatic carbocycles. The van der Waals surface area contributed by atoms with Gasteiger partial charge in [-0.15, -0.1) is 24.0 Å². The number of hydrogen-bond donors (Lipinski definition) is 3. The smallest absolute Gasteiger partial charge is 0.221 e. The van der Waals surface area contributed by atoms with E-state index in [1.807, 2.05) is 42.5 Å². The van der Waals surface area contributed by atoms with Crippen LogP contribution < -0.4 is 20.9 Å². The van der Waals surface area contributed by atoms with Gasteiger partial charge >= 0.3 is 0 Å². The van der Waals surface area contributed by atoms with Crippen molar-refractivity contribution in [3.8, 4) is 0 Å². The first kappa shape index (κ1) is 25.3. The summed E-state index contributed by atoms with van der Waals surface area (Å²) >= 11 is 6.13. The highest BCUT2D eigenvalue weighted by Gasteiger charge is 2.23. The third-order valence-corrected chi connectivity index (χ3v) is 5.23. The maximum atomic E-state index is 11.1. The number of rotatable bonds is 7. The second kappa shape index (κ2) is 12.8. The molecule has 1 saturated heterocycles. The molecule has 0 bridgehead atoms. The fourth-order valence-corrected chi connectivity index (χ4v) is 3.74. The summed E-state index contributed by atoms with van der Waals surface area (Å²) < 4.78 is 0. The lowest BCUT2D eigenvalue weighted by atomic mass is 10.1. The fourth-order valence-electron chi connectivity index (χ4n) is 3.55. The van der Waals surface area contributed by atoms with Gasteiger partial charge in [-0.25, -0.2) is 0 Å². The summed E-state index contributed by atoms with van der Waals surface area (Å²) in [7, 11) is 0. The van der Waals surface area contributed by atoms with Crippen LogP contribution in [-0.2, 0) is 11.2 Å². The van der Waals surface area contributed by atoms with Gasteiger partial charge in [0.1, 0.15) is 0 Å². The van der Waals surface area contributed by atoms with Gasteiger partial charge in [-0.05, 0) is 55.7 Å². The number of hydrogen-bond acceptors (Lipinski definition) is 3. The normalized spacial score (nSPS) is 15.9. The van der Waals surface area contributed by atoms with Gasteiger partial charge in [0.15, 0.2) is 5.96 Å². The van der Waals surface area contributed by atoms with Crippen LogP contribution in [-0.4, -0.2) is 44.1 Å². The lowest BCUT2D eigenvalue weighted by molar-refractivity contribution is -0.114. The molecule has 0 aliphatic carbocycles. The van der Waals surface area contributed by atoms with Gasteiger partial charge in [0.05, 0.1) is 0 Å². The number of aliphatic imine (C=N–C) groups is 1. The second-order valence-corrected chi connectivity index (χ2v) is 7.88. The standard InChI is InChI=1S/C23H30ClN5O.HI/c1-3-25-23(26-13-11-18-7-9-20(10-8-18)27-17(2)30)28-21-12-14-29(16-21)22-6-4-5-19(24)15-22;/h4-10,15,21H,3,11-14,16H2,1-2H3,(H,27,30)(H2,25,26,28);1H. The molecule has 1 fully saturated rings. The van der Waals surface area contributed by atoms with Gasteiger partial charge in [0.25, 0.3) is 0 Å². The van der Waals surface area contributed by atoms with Crippen LogP contribution in [0.15, 0.2) is 53.5 Å². The molecule has 3 N–H and O–H groups in total. The van der Waals surface area contributed by atoms with Crippen LogP contribution in [0, 0.1) is 0 Å². The maximum Gasteiger partial charge on any atom is 0.221 e. The number of carbonyl (C=O) groups excluding carboxylic acids is 1. The summed E-state index contributed by atoms with van der Waals surface area (Å²) in [6.07, 6.45) is 1.90. The third kappa shape index (κ3) is 8.22. The minimum atomic E-state index is -0.0606. The van der Waals surface area contributed by atoms with Crippen molar-refractivity contribution in [2.24, 2.45) is 4.99 Å². The van der Waals surface area contributed by atoms with Crippen molar-refractivity contribution in [1.82, 2.24) is 10.6 Å². The van der Waals surface area contributed by atoms with Crippen LogP contribution in [0.5, 0.6) is 0 Å². The Labute approximate surface area is 206 Å². The molecule has 0 spiro atoms. The minimum absolute atomic E-state index is 0. The molecule has 1 unspecified atom stereocenters. The van der Waals surface area contributed by atoms with Crippen LogP contribution >= 0.6 is 35.6 Å². The van der Waals surface area contributed by atoms with Crippen LogP contribution in [0.4, 0.5) is 11.4 Å². The number of nitrogens with one attached hydrogen (secondary N) is 3.